The zero-order chi connectivity index (χ0) is 11.6. The molecule has 0 unspecified atom stereocenters. The fourth-order valence-corrected chi connectivity index (χ4v) is 2.66. The van der Waals surface area contributed by atoms with Gasteiger partial charge in [0.1, 0.15) is 0 Å². The molecule has 0 aromatic rings. The SMILES string of the molecule is C1CCCCC1.OCC1CCC(CO)CC1. The molecule has 0 aliphatic heterocycles. The maximum absolute atomic E-state index is 8.79. The maximum atomic E-state index is 8.79. The van der Waals surface area contributed by atoms with Crippen LogP contribution < -0.4 is 0 Å². The molecule has 2 rings (SSSR count). The van der Waals surface area contributed by atoms with Gasteiger partial charge in [0.25, 0.3) is 0 Å². The van der Waals surface area contributed by atoms with Gasteiger partial charge in [-0.05, 0) is 37.5 Å². The van der Waals surface area contributed by atoms with E-state index < -0.39 is 0 Å². The van der Waals surface area contributed by atoms with Crippen molar-refractivity contribution >= 4 is 0 Å². The minimum absolute atomic E-state index is 0.331. The van der Waals surface area contributed by atoms with Crippen LogP contribution in [-0.2, 0) is 0 Å². The summed E-state index contributed by atoms with van der Waals surface area (Å²) in [5.41, 5.74) is 0. The molecule has 0 aromatic carbocycles. The van der Waals surface area contributed by atoms with Gasteiger partial charge in [0.05, 0.1) is 0 Å². The highest BCUT2D eigenvalue weighted by atomic mass is 16.3. The molecule has 16 heavy (non-hydrogen) atoms. The van der Waals surface area contributed by atoms with Crippen molar-refractivity contribution in [3.63, 3.8) is 0 Å². The standard InChI is InChI=1S/C8H16O2.C6H12/c9-5-7-1-2-8(6-10)4-3-7;1-2-4-6-5-3-1/h7-10H,1-6H2;1-6H2. The molecule has 2 aliphatic rings. The highest BCUT2D eigenvalue weighted by Crippen LogP contribution is 2.27. The molecule has 0 atom stereocenters. The molecule has 2 aliphatic carbocycles. The maximum Gasteiger partial charge on any atom is 0.0459 e. The Labute approximate surface area is 100 Å². The van der Waals surface area contributed by atoms with Crippen molar-refractivity contribution < 1.29 is 10.2 Å². The van der Waals surface area contributed by atoms with Crippen LogP contribution in [0.15, 0.2) is 0 Å². The van der Waals surface area contributed by atoms with Crippen molar-refractivity contribution in [1.82, 2.24) is 0 Å². The third kappa shape index (κ3) is 5.86. The largest absolute Gasteiger partial charge is 0.396 e. The normalized spacial score (nSPS) is 30.4. The third-order valence-electron chi connectivity index (χ3n) is 3.98. The minimum Gasteiger partial charge on any atom is -0.396 e. The van der Waals surface area contributed by atoms with Crippen molar-refractivity contribution in [2.75, 3.05) is 13.2 Å². The summed E-state index contributed by atoms with van der Waals surface area (Å²) >= 11 is 0. The molecular weight excluding hydrogens is 200 g/mol. The van der Waals surface area contributed by atoms with E-state index in [4.69, 9.17) is 10.2 Å². The van der Waals surface area contributed by atoms with E-state index in [1.54, 1.807) is 0 Å². The molecule has 96 valence electrons. The Morgan fingerprint density at radius 2 is 0.812 bits per heavy atom. The second kappa shape index (κ2) is 9.00. The van der Waals surface area contributed by atoms with Gasteiger partial charge in [0, 0.05) is 13.2 Å². The molecule has 0 saturated heterocycles. The Morgan fingerprint density at radius 1 is 0.562 bits per heavy atom. The highest BCUT2D eigenvalue weighted by Gasteiger charge is 2.19. The van der Waals surface area contributed by atoms with Gasteiger partial charge >= 0.3 is 0 Å². The summed E-state index contributed by atoms with van der Waals surface area (Å²) in [6, 6.07) is 0. The molecule has 0 heterocycles. The number of hydrogen-bond donors (Lipinski definition) is 2. The molecule has 2 heteroatoms. The molecule has 2 N–H and O–H groups in total. The predicted molar refractivity (Wildman–Crippen MR) is 67.3 cm³/mol. The minimum atomic E-state index is 0.331. The fourth-order valence-electron chi connectivity index (χ4n) is 2.66. The molecule has 2 fully saturated rings. The first kappa shape index (κ1) is 14.0. The quantitative estimate of drug-likeness (QED) is 0.762. The van der Waals surface area contributed by atoms with E-state index in [2.05, 4.69) is 0 Å². The zero-order valence-electron chi connectivity index (χ0n) is 10.5. The summed E-state index contributed by atoms with van der Waals surface area (Å²) in [6.07, 6.45) is 13.4. The monoisotopic (exact) mass is 228 g/mol. The first-order chi connectivity index (χ1) is 7.86. The molecule has 0 amide bonds. The van der Waals surface area contributed by atoms with Crippen molar-refractivity contribution in [3.8, 4) is 0 Å². The van der Waals surface area contributed by atoms with E-state index >= 15 is 0 Å². The second-order valence-corrected chi connectivity index (χ2v) is 5.37. The van der Waals surface area contributed by atoms with E-state index in [1.807, 2.05) is 0 Å². The van der Waals surface area contributed by atoms with E-state index in [-0.39, 0.29) is 0 Å². The smallest absolute Gasteiger partial charge is 0.0459 e. The zero-order valence-corrected chi connectivity index (χ0v) is 10.5. The summed E-state index contributed by atoms with van der Waals surface area (Å²) in [5, 5.41) is 17.6. The first-order valence-corrected chi connectivity index (χ1v) is 7.08. The van der Waals surface area contributed by atoms with E-state index in [0.717, 1.165) is 25.7 Å². The number of rotatable bonds is 2. The van der Waals surface area contributed by atoms with Gasteiger partial charge in [-0.15, -0.1) is 0 Å². The van der Waals surface area contributed by atoms with Crippen LogP contribution >= 0.6 is 0 Å². The van der Waals surface area contributed by atoms with Crippen LogP contribution in [-0.4, -0.2) is 23.4 Å². The van der Waals surface area contributed by atoms with Crippen LogP contribution in [0.5, 0.6) is 0 Å². The summed E-state index contributed by atoms with van der Waals surface area (Å²) < 4.78 is 0. The predicted octanol–water partition coefficient (Wildman–Crippen LogP) is 3.12. The summed E-state index contributed by atoms with van der Waals surface area (Å²) in [6.45, 7) is 0.663. The van der Waals surface area contributed by atoms with E-state index in [0.29, 0.717) is 25.0 Å². The number of aliphatic hydroxyl groups excluding tert-OH is 2. The summed E-state index contributed by atoms with van der Waals surface area (Å²) in [5.74, 6) is 1.03. The average Bonchev–Trinajstić information content (AvgIpc) is 2.41. The first-order valence-electron chi connectivity index (χ1n) is 7.08. The van der Waals surface area contributed by atoms with E-state index in [9.17, 15) is 0 Å². The molecule has 2 saturated carbocycles. The van der Waals surface area contributed by atoms with Crippen LogP contribution in [0, 0.1) is 11.8 Å². The average molecular weight is 228 g/mol. The van der Waals surface area contributed by atoms with Crippen molar-refractivity contribution in [2.24, 2.45) is 11.8 Å². The van der Waals surface area contributed by atoms with Gasteiger partial charge in [0.15, 0.2) is 0 Å². The number of hydrogen-bond acceptors (Lipinski definition) is 2. The lowest BCUT2D eigenvalue weighted by Gasteiger charge is -2.25. The number of aliphatic hydroxyl groups is 2. The van der Waals surface area contributed by atoms with Crippen molar-refractivity contribution in [1.29, 1.82) is 0 Å². The molecule has 0 aromatic heterocycles. The van der Waals surface area contributed by atoms with Gasteiger partial charge in [-0.3, -0.25) is 0 Å². The van der Waals surface area contributed by atoms with Gasteiger partial charge in [-0.2, -0.15) is 0 Å². The van der Waals surface area contributed by atoms with Gasteiger partial charge < -0.3 is 10.2 Å². The third-order valence-corrected chi connectivity index (χ3v) is 3.98. The summed E-state index contributed by atoms with van der Waals surface area (Å²) in [4.78, 5) is 0. The van der Waals surface area contributed by atoms with Gasteiger partial charge in [-0.25, -0.2) is 0 Å². The lowest BCUT2D eigenvalue weighted by atomic mass is 9.83. The Balaban J connectivity index is 0.000000181. The van der Waals surface area contributed by atoms with Crippen LogP contribution in [0.2, 0.25) is 0 Å². The van der Waals surface area contributed by atoms with Crippen LogP contribution in [0.4, 0.5) is 0 Å². The Kier molecular flexibility index (Phi) is 7.87. The molecule has 2 nitrogen and oxygen atoms in total. The molecule has 0 bridgehead atoms. The van der Waals surface area contributed by atoms with Crippen LogP contribution in [0.1, 0.15) is 64.2 Å². The molecule has 0 spiro atoms. The Bertz CT molecular complexity index is 123. The molecular formula is C14H28O2. The van der Waals surface area contributed by atoms with Crippen LogP contribution in [0.25, 0.3) is 0 Å². The van der Waals surface area contributed by atoms with Crippen molar-refractivity contribution in [3.05, 3.63) is 0 Å². The van der Waals surface area contributed by atoms with E-state index in [1.165, 1.54) is 38.5 Å². The van der Waals surface area contributed by atoms with Crippen LogP contribution in [0.3, 0.4) is 0 Å². The second-order valence-electron chi connectivity index (χ2n) is 5.37. The lowest BCUT2D eigenvalue weighted by molar-refractivity contribution is 0.131. The highest BCUT2D eigenvalue weighted by molar-refractivity contribution is 4.70. The Hall–Kier alpha value is -0.0800. The Morgan fingerprint density at radius 3 is 1.00 bits per heavy atom. The fraction of sp³-hybridized carbons (Fsp3) is 1.00. The van der Waals surface area contributed by atoms with Gasteiger partial charge in [0.2, 0.25) is 0 Å². The topological polar surface area (TPSA) is 40.5 Å². The lowest BCUT2D eigenvalue weighted by Crippen LogP contribution is -2.19. The molecule has 0 radical (unpaired) electrons. The van der Waals surface area contributed by atoms with Crippen molar-refractivity contribution in [2.45, 2.75) is 64.2 Å². The van der Waals surface area contributed by atoms with Gasteiger partial charge in [-0.1, -0.05) is 38.5 Å². The summed E-state index contributed by atoms with van der Waals surface area (Å²) in [7, 11) is 0.